The summed E-state index contributed by atoms with van der Waals surface area (Å²) in [6, 6.07) is 17.7. The van der Waals surface area contributed by atoms with E-state index in [0.29, 0.717) is 6.54 Å². The van der Waals surface area contributed by atoms with Gasteiger partial charge in [0.2, 0.25) is 0 Å². The van der Waals surface area contributed by atoms with E-state index in [2.05, 4.69) is 30.2 Å². The van der Waals surface area contributed by atoms with Crippen molar-refractivity contribution in [1.29, 1.82) is 0 Å². The van der Waals surface area contributed by atoms with Crippen molar-refractivity contribution in [2.45, 2.75) is 32.7 Å². The number of nitrogens with zero attached hydrogens (tertiary/aromatic N) is 5. The van der Waals surface area contributed by atoms with Crippen LogP contribution in [0.4, 0.5) is 0 Å². The smallest absolute Gasteiger partial charge is 0.154 e. The summed E-state index contributed by atoms with van der Waals surface area (Å²) < 4.78 is 6.29. The molecule has 0 radical (unpaired) electrons. The molecule has 1 unspecified atom stereocenters. The molecule has 0 aliphatic heterocycles. The molecule has 0 amide bonds. The molecule has 0 spiro atoms. The van der Waals surface area contributed by atoms with Crippen LogP contribution >= 0.6 is 0 Å². The summed E-state index contributed by atoms with van der Waals surface area (Å²) in [6.07, 6.45) is 7.05. The molecule has 1 atom stereocenters. The quantitative estimate of drug-likeness (QED) is 0.253. The summed E-state index contributed by atoms with van der Waals surface area (Å²) in [5.41, 5.74) is 2.79. The van der Waals surface area contributed by atoms with Crippen molar-refractivity contribution < 1.29 is 4.74 Å². The Bertz CT molecular complexity index is 905. The van der Waals surface area contributed by atoms with Crippen LogP contribution in [0.25, 0.3) is 0 Å². The lowest BCUT2D eigenvalue weighted by Crippen LogP contribution is -2.39. The highest BCUT2D eigenvalue weighted by molar-refractivity contribution is 5.76. The van der Waals surface area contributed by atoms with E-state index in [1.807, 2.05) is 87.1 Å². The molecular formula is C25H32N6O. The molecule has 0 saturated carbocycles. The van der Waals surface area contributed by atoms with Crippen LogP contribution in [0.15, 0.2) is 78.2 Å². The maximum absolute atomic E-state index is 6.29. The standard InChI is InChI=1S/C25H32N6O/c1-21(2)32-25(24-11-5-8-14-30-24)31(17-15-26-19-22-9-3-6-12-28-22)18-16-27-20-23-10-4-7-13-29-23/h3-14,19,21,25,27H,15-18,20H2,1-2H3. The number of aliphatic imine (C=N–C) groups is 1. The first-order valence-corrected chi connectivity index (χ1v) is 11.0. The van der Waals surface area contributed by atoms with Crippen LogP contribution in [-0.4, -0.2) is 58.3 Å². The lowest BCUT2D eigenvalue weighted by atomic mass is 10.2. The lowest BCUT2D eigenvalue weighted by molar-refractivity contribution is -0.0921. The fourth-order valence-corrected chi connectivity index (χ4v) is 3.21. The summed E-state index contributed by atoms with van der Waals surface area (Å²) >= 11 is 0. The molecule has 3 aromatic rings. The Labute approximate surface area is 190 Å². The van der Waals surface area contributed by atoms with Crippen LogP contribution in [0.1, 0.15) is 37.2 Å². The van der Waals surface area contributed by atoms with Gasteiger partial charge in [0, 0.05) is 51.0 Å². The molecule has 3 rings (SSSR count). The average molecular weight is 433 g/mol. The van der Waals surface area contributed by atoms with Crippen LogP contribution in [0.5, 0.6) is 0 Å². The first kappa shape index (κ1) is 23.7. The first-order valence-electron chi connectivity index (χ1n) is 11.0. The number of aromatic nitrogens is 3. The van der Waals surface area contributed by atoms with Gasteiger partial charge < -0.3 is 10.1 Å². The molecule has 0 aliphatic carbocycles. The summed E-state index contributed by atoms with van der Waals surface area (Å²) in [7, 11) is 0. The van der Waals surface area contributed by atoms with E-state index < -0.39 is 0 Å². The van der Waals surface area contributed by atoms with Gasteiger partial charge in [0.1, 0.15) is 0 Å². The Balaban J connectivity index is 1.64. The van der Waals surface area contributed by atoms with Gasteiger partial charge in [-0.05, 0) is 50.2 Å². The van der Waals surface area contributed by atoms with Gasteiger partial charge >= 0.3 is 0 Å². The Morgan fingerprint density at radius 3 is 2.34 bits per heavy atom. The van der Waals surface area contributed by atoms with E-state index in [0.717, 1.165) is 43.3 Å². The van der Waals surface area contributed by atoms with Gasteiger partial charge in [0.15, 0.2) is 6.23 Å². The molecule has 3 aromatic heterocycles. The van der Waals surface area contributed by atoms with Gasteiger partial charge in [0.25, 0.3) is 0 Å². The minimum absolute atomic E-state index is 0.0722. The summed E-state index contributed by atoms with van der Waals surface area (Å²) in [5, 5.41) is 3.48. The normalized spacial score (nSPS) is 12.6. The van der Waals surface area contributed by atoms with E-state index in [4.69, 9.17) is 4.74 Å². The fourth-order valence-electron chi connectivity index (χ4n) is 3.21. The molecule has 0 aromatic carbocycles. The van der Waals surface area contributed by atoms with E-state index >= 15 is 0 Å². The maximum atomic E-state index is 6.29. The molecule has 7 heteroatoms. The Hall–Kier alpha value is -3.00. The third-order valence-corrected chi connectivity index (χ3v) is 4.71. The zero-order valence-corrected chi connectivity index (χ0v) is 18.8. The summed E-state index contributed by atoms with van der Waals surface area (Å²) in [4.78, 5) is 20.1. The zero-order valence-electron chi connectivity index (χ0n) is 18.8. The molecule has 7 nitrogen and oxygen atoms in total. The van der Waals surface area contributed by atoms with Crippen molar-refractivity contribution in [2.75, 3.05) is 26.2 Å². The molecule has 3 heterocycles. The SMILES string of the molecule is CC(C)OC(c1ccccn1)N(CCN=Cc1ccccn1)CCNCc1ccccn1. The monoisotopic (exact) mass is 432 g/mol. The fraction of sp³-hybridized carbons (Fsp3) is 0.360. The molecule has 32 heavy (non-hydrogen) atoms. The van der Waals surface area contributed by atoms with E-state index in [9.17, 15) is 0 Å². The van der Waals surface area contributed by atoms with Crippen molar-refractivity contribution in [3.05, 3.63) is 90.3 Å². The number of hydrogen-bond donors (Lipinski definition) is 1. The molecule has 1 N–H and O–H groups in total. The molecular weight excluding hydrogens is 400 g/mol. The second-order valence-corrected chi connectivity index (χ2v) is 7.62. The molecule has 0 aliphatic rings. The minimum atomic E-state index is -0.238. The maximum Gasteiger partial charge on any atom is 0.154 e. The van der Waals surface area contributed by atoms with Gasteiger partial charge in [-0.15, -0.1) is 0 Å². The van der Waals surface area contributed by atoms with E-state index in [1.54, 1.807) is 6.20 Å². The highest BCUT2D eigenvalue weighted by Gasteiger charge is 2.23. The van der Waals surface area contributed by atoms with Gasteiger partial charge in [-0.25, -0.2) is 0 Å². The van der Waals surface area contributed by atoms with Gasteiger partial charge in [-0.1, -0.05) is 18.2 Å². The molecule has 168 valence electrons. The predicted molar refractivity (Wildman–Crippen MR) is 127 cm³/mol. The van der Waals surface area contributed by atoms with Crippen molar-refractivity contribution in [3.8, 4) is 0 Å². The first-order chi connectivity index (χ1) is 15.7. The number of pyridine rings is 3. The third-order valence-electron chi connectivity index (χ3n) is 4.71. The van der Waals surface area contributed by atoms with Crippen LogP contribution in [0, 0.1) is 0 Å². The number of ether oxygens (including phenoxy) is 1. The second-order valence-electron chi connectivity index (χ2n) is 7.62. The van der Waals surface area contributed by atoms with E-state index in [1.165, 1.54) is 0 Å². The predicted octanol–water partition coefficient (Wildman–Crippen LogP) is 3.51. The molecule has 0 fully saturated rings. The van der Waals surface area contributed by atoms with Gasteiger partial charge in [-0.2, -0.15) is 0 Å². The van der Waals surface area contributed by atoms with Crippen LogP contribution in [0.2, 0.25) is 0 Å². The number of hydrogen-bond acceptors (Lipinski definition) is 7. The number of rotatable bonds is 13. The third kappa shape index (κ3) is 8.26. The Kier molecular flexibility index (Phi) is 9.92. The average Bonchev–Trinajstić information content (AvgIpc) is 2.83. The number of nitrogens with one attached hydrogen (secondary N) is 1. The van der Waals surface area contributed by atoms with Crippen LogP contribution < -0.4 is 5.32 Å². The highest BCUT2D eigenvalue weighted by atomic mass is 16.5. The van der Waals surface area contributed by atoms with Gasteiger partial charge in [-0.3, -0.25) is 24.8 Å². The van der Waals surface area contributed by atoms with Gasteiger partial charge in [0.05, 0.1) is 29.7 Å². The van der Waals surface area contributed by atoms with Crippen LogP contribution in [-0.2, 0) is 11.3 Å². The van der Waals surface area contributed by atoms with Crippen molar-refractivity contribution >= 4 is 6.21 Å². The van der Waals surface area contributed by atoms with Crippen molar-refractivity contribution in [2.24, 2.45) is 4.99 Å². The molecule has 0 bridgehead atoms. The Morgan fingerprint density at radius 1 is 0.938 bits per heavy atom. The highest BCUT2D eigenvalue weighted by Crippen LogP contribution is 2.21. The zero-order chi connectivity index (χ0) is 22.4. The summed E-state index contributed by atoms with van der Waals surface area (Å²) in [6.45, 7) is 7.79. The lowest BCUT2D eigenvalue weighted by Gasteiger charge is -2.32. The van der Waals surface area contributed by atoms with Crippen LogP contribution in [0.3, 0.4) is 0 Å². The molecule has 0 saturated heterocycles. The largest absolute Gasteiger partial charge is 0.355 e. The van der Waals surface area contributed by atoms with Crippen molar-refractivity contribution in [1.82, 2.24) is 25.2 Å². The topological polar surface area (TPSA) is 75.5 Å². The van der Waals surface area contributed by atoms with Crippen molar-refractivity contribution in [3.63, 3.8) is 0 Å². The summed E-state index contributed by atoms with van der Waals surface area (Å²) in [5.74, 6) is 0. The second kappa shape index (κ2) is 13.4. The minimum Gasteiger partial charge on any atom is -0.355 e. The Morgan fingerprint density at radius 2 is 1.69 bits per heavy atom. The van der Waals surface area contributed by atoms with E-state index in [-0.39, 0.29) is 12.3 Å².